The van der Waals surface area contributed by atoms with Crippen LogP contribution in [0.15, 0.2) is 53.4 Å². The Balaban J connectivity index is 1.82. The van der Waals surface area contributed by atoms with E-state index in [9.17, 15) is 16.8 Å². The Morgan fingerprint density at radius 1 is 1.03 bits per heavy atom. The van der Waals surface area contributed by atoms with Gasteiger partial charge in [0.1, 0.15) is 0 Å². The lowest BCUT2D eigenvalue weighted by molar-refractivity contribution is 0.274. The summed E-state index contributed by atoms with van der Waals surface area (Å²) < 4.78 is 53.6. The minimum Gasteiger partial charge on any atom is -0.266 e. The molecule has 0 aromatic heterocycles. The Morgan fingerprint density at radius 3 is 2.28 bits per heavy atom. The zero-order valence-electron chi connectivity index (χ0n) is 18.7. The third-order valence-electron chi connectivity index (χ3n) is 5.68. The Hall–Kier alpha value is -1.61. The molecular formula is C23H31ClN2O4S2. The molecule has 3 rings (SSSR count). The first-order valence-electron chi connectivity index (χ1n) is 10.8. The quantitative estimate of drug-likeness (QED) is 0.540. The van der Waals surface area contributed by atoms with Crippen LogP contribution in [0.4, 0.5) is 5.69 Å². The van der Waals surface area contributed by atoms with Crippen LogP contribution >= 0.6 is 11.6 Å². The largest absolute Gasteiger partial charge is 0.266 e. The zero-order valence-corrected chi connectivity index (χ0v) is 21.1. The first-order valence-corrected chi connectivity index (χ1v) is 14.5. The van der Waals surface area contributed by atoms with Crippen LogP contribution in [0.3, 0.4) is 0 Å². The maximum Gasteiger partial charge on any atom is 0.264 e. The number of benzene rings is 2. The molecule has 1 aliphatic rings. The van der Waals surface area contributed by atoms with E-state index in [4.69, 9.17) is 11.6 Å². The first kappa shape index (κ1) is 25.0. The third kappa shape index (κ3) is 6.25. The molecule has 2 aromatic rings. The fraction of sp³-hybridized carbons (Fsp3) is 0.478. The van der Waals surface area contributed by atoms with Crippen molar-refractivity contribution in [1.82, 2.24) is 4.31 Å². The van der Waals surface area contributed by atoms with Gasteiger partial charge in [-0.05, 0) is 67.0 Å². The van der Waals surface area contributed by atoms with E-state index in [-0.39, 0.29) is 10.8 Å². The average molecular weight is 499 g/mol. The van der Waals surface area contributed by atoms with Gasteiger partial charge >= 0.3 is 0 Å². The SMILES string of the molecule is CC(C)CN(c1cccc(Cl)c1)S(=O)(=O)c1cccc(CC2CCN(S(C)(=O)=O)CC2)c1. The van der Waals surface area contributed by atoms with Gasteiger partial charge < -0.3 is 0 Å². The molecule has 0 atom stereocenters. The number of sulfonamides is 2. The highest BCUT2D eigenvalue weighted by atomic mass is 35.5. The molecule has 0 amide bonds. The summed E-state index contributed by atoms with van der Waals surface area (Å²) in [5.41, 5.74) is 1.49. The molecule has 2 aromatic carbocycles. The number of anilines is 1. The average Bonchev–Trinajstić information content (AvgIpc) is 2.72. The summed E-state index contributed by atoms with van der Waals surface area (Å²) in [5.74, 6) is 0.456. The molecule has 6 nitrogen and oxygen atoms in total. The second-order valence-electron chi connectivity index (χ2n) is 8.87. The fourth-order valence-corrected chi connectivity index (χ4v) is 6.79. The highest BCUT2D eigenvalue weighted by Gasteiger charge is 2.28. The van der Waals surface area contributed by atoms with Crippen molar-refractivity contribution in [3.05, 3.63) is 59.1 Å². The van der Waals surface area contributed by atoms with E-state index >= 15 is 0 Å². The summed E-state index contributed by atoms with van der Waals surface area (Å²) >= 11 is 6.13. The summed E-state index contributed by atoms with van der Waals surface area (Å²) in [7, 11) is -6.93. The Kier molecular flexibility index (Phi) is 7.91. The van der Waals surface area contributed by atoms with Crippen LogP contribution in [-0.2, 0) is 26.5 Å². The van der Waals surface area contributed by atoms with Gasteiger partial charge in [0.2, 0.25) is 10.0 Å². The van der Waals surface area contributed by atoms with E-state index < -0.39 is 20.0 Å². The maximum atomic E-state index is 13.6. The number of rotatable bonds is 8. The molecule has 32 heavy (non-hydrogen) atoms. The van der Waals surface area contributed by atoms with Gasteiger partial charge in [0.15, 0.2) is 0 Å². The van der Waals surface area contributed by atoms with Crippen molar-refractivity contribution in [2.45, 2.75) is 38.0 Å². The molecule has 0 saturated carbocycles. The fourth-order valence-electron chi connectivity index (χ4n) is 4.04. The molecule has 9 heteroatoms. The van der Waals surface area contributed by atoms with Crippen LogP contribution in [0.25, 0.3) is 0 Å². The molecule has 1 saturated heterocycles. The smallest absolute Gasteiger partial charge is 0.264 e. The number of nitrogens with zero attached hydrogens (tertiary/aromatic N) is 2. The molecule has 1 fully saturated rings. The molecule has 0 aliphatic carbocycles. The van der Waals surface area contributed by atoms with Gasteiger partial charge in [-0.2, -0.15) is 0 Å². The Bertz CT molecular complexity index is 1140. The molecule has 176 valence electrons. The minimum absolute atomic E-state index is 0.131. The van der Waals surface area contributed by atoms with Gasteiger partial charge in [0, 0.05) is 24.7 Å². The van der Waals surface area contributed by atoms with Gasteiger partial charge in [0.05, 0.1) is 16.8 Å². The molecule has 0 radical (unpaired) electrons. The molecular weight excluding hydrogens is 468 g/mol. The van der Waals surface area contributed by atoms with Crippen molar-refractivity contribution >= 4 is 37.3 Å². The topological polar surface area (TPSA) is 74.8 Å². The zero-order chi connectivity index (χ0) is 23.5. The van der Waals surface area contributed by atoms with Crippen LogP contribution < -0.4 is 4.31 Å². The maximum absolute atomic E-state index is 13.6. The lowest BCUT2D eigenvalue weighted by Gasteiger charge is -2.30. The van der Waals surface area contributed by atoms with E-state index in [1.807, 2.05) is 19.9 Å². The monoisotopic (exact) mass is 498 g/mol. The van der Waals surface area contributed by atoms with Crippen LogP contribution in [0, 0.1) is 11.8 Å². The van der Waals surface area contributed by atoms with E-state index in [1.165, 1.54) is 14.9 Å². The summed E-state index contributed by atoms with van der Waals surface area (Å²) in [6, 6.07) is 14.0. The molecule has 0 unspecified atom stereocenters. The standard InChI is InChI=1S/C23H31ClN2O4S2/c1-18(2)17-26(22-8-5-7-21(24)16-22)32(29,30)23-9-4-6-20(15-23)14-19-10-12-25(13-11-19)31(3,27)28/h4-9,15-16,18-19H,10-14,17H2,1-3H3. The van der Waals surface area contributed by atoms with Gasteiger partial charge in [-0.3, -0.25) is 4.31 Å². The van der Waals surface area contributed by atoms with Crippen LogP contribution in [-0.4, -0.2) is 47.0 Å². The molecule has 1 heterocycles. The normalized spacial score (nSPS) is 16.4. The lowest BCUT2D eigenvalue weighted by Crippen LogP contribution is -2.38. The number of hydrogen-bond acceptors (Lipinski definition) is 4. The molecule has 0 bridgehead atoms. The Morgan fingerprint density at radius 2 is 1.69 bits per heavy atom. The van der Waals surface area contributed by atoms with Crippen LogP contribution in [0.2, 0.25) is 5.02 Å². The number of hydrogen-bond donors (Lipinski definition) is 0. The van der Waals surface area contributed by atoms with Crippen molar-refractivity contribution in [2.24, 2.45) is 11.8 Å². The van der Waals surface area contributed by atoms with Crippen molar-refractivity contribution in [3.8, 4) is 0 Å². The van der Waals surface area contributed by atoms with Crippen LogP contribution in [0.5, 0.6) is 0 Å². The number of piperidine rings is 1. The second-order valence-corrected chi connectivity index (χ2v) is 13.1. The molecule has 1 aliphatic heterocycles. The summed E-state index contributed by atoms with van der Waals surface area (Å²) in [4.78, 5) is 0.254. The first-order chi connectivity index (χ1) is 15.0. The second kappa shape index (κ2) is 10.1. The van der Waals surface area contributed by atoms with Gasteiger partial charge in [0.25, 0.3) is 10.0 Å². The van der Waals surface area contributed by atoms with Crippen molar-refractivity contribution in [2.75, 3.05) is 30.2 Å². The van der Waals surface area contributed by atoms with E-state index in [1.54, 1.807) is 42.5 Å². The summed E-state index contributed by atoms with van der Waals surface area (Å²) in [6.07, 6.45) is 3.50. The minimum atomic E-state index is -3.77. The van der Waals surface area contributed by atoms with Crippen molar-refractivity contribution in [3.63, 3.8) is 0 Å². The summed E-state index contributed by atoms with van der Waals surface area (Å²) in [5, 5.41) is 0.487. The van der Waals surface area contributed by atoms with Crippen LogP contribution in [0.1, 0.15) is 32.3 Å². The third-order valence-corrected chi connectivity index (χ3v) is 9.01. The van der Waals surface area contributed by atoms with E-state index in [2.05, 4.69) is 0 Å². The van der Waals surface area contributed by atoms with E-state index in [0.717, 1.165) is 24.8 Å². The highest BCUT2D eigenvalue weighted by molar-refractivity contribution is 7.92. The van der Waals surface area contributed by atoms with Crippen molar-refractivity contribution in [1.29, 1.82) is 0 Å². The van der Waals surface area contributed by atoms with Gasteiger partial charge in [-0.15, -0.1) is 0 Å². The predicted octanol–water partition coefficient (Wildman–Crippen LogP) is 4.41. The predicted molar refractivity (Wildman–Crippen MR) is 130 cm³/mol. The number of halogens is 1. The lowest BCUT2D eigenvalue weighted by atomic mass is 9.91. The van der Waals surface area contributed by atoms with E-state index in [0.29, 0.717) is 36.3 Å². The highest BCUT2D eigenvalue weighted by Crippen LogP contribution is 2.29. The van der Waals surface area contributed by atoms with Gasteiger partial charge in [-0.1, -0.05) is 43.6 Å². The molecule has 0 N–H and O–H groups in total. The summed E-state index contributed by atoms with van der Waals surface area (Å²) in [6.45, 7) is 5.33. The van der Waals surface area contributed by atoms with Crippen molar-refractivity contribution < 1.29 is 16.8 Å². The Labute approximate surface area is 197 Å². The van der Waals surface area contributed by atoms with Gasteiger partial charge in [-0.25, -0.2) is 21.1 Å². The molecule has 0 spiro atoms.